The Morgan fingerprint density at radius 3 is 2.95 bits per heavy atom. The summed E-state index contributed by atoms with van der Waals surface area (Å²) in [7, 11) is 0. The van der Waals surface area contributed by atoms with E-state index in [1.54, 1.807) is 6.07 Å². The second-order valence-corrected chi connectivity index (χ2v) is 5.27. The normalized spacial score (nSPS) is 10.8. The molecule has 0 spiro atoms. The van der Waals surface area contributed by atoms with E-state index >= 15 is 0 Å². The fourth-order valence-corrected chi connectivity index (χ4v) is 2.65. The van der Waals surface area contributed by atoms with Gasteiger partial charge in [-0.1, -0.05) is 12.1 Å². The van der Waals surface area contributed by atoms with Crippen LogP contribution in [0.5, 0.6) is 5.75 Å². The number of benzene rings is 2. The number of hydrogen-bond acceptors (Lipinski definition) is 3. The summed E-state index contributed by atoms with van der Waals surface area (Å²) in [5.41, 5.74) is 1.58. The van der Waals surface area contributed by atoms with E-state index < -0.39 is 0 Å². The highest BCUT2D eigenvalue weighted by molar-refractivity contribution is 7.18. The zero-order chi connectivity index (χ0) is 13.2. The van der Waals surface area contributed by atoms with Gasteiger partial charge in [0.15, 0.2) is 0 Å². The fourth-order valence-electron chi connectivity index (χ4n) is 1.79. The first-order chi connectivity index (χ1) is 9.20. The molecule has 95 valence electrons. The first-order valence-corrected chi connectivity index (χ1v) is 6.62. The molecular formula is C15H11FNOS. The minimum Gasteiger partial charge on any atom is -0.486 e. The fraction of sp³-hybridized carbons (Fsp3) is 0.0667. The Labute approximate surface area is 114 Å². The molecule has 1 heterocycles. The van der Waals surface area contributed by atoms with Gasteiger partial charge in [-0.3, -0.25) is 0 Å². The molecule has 1 aromatic heterocycles. The summed E-state index contributed by atoms with van der Waals surface area (Å²) in [5, 5.41) is 0.829. The summed E-state index contributed by atoms with van der Waals surface area (Å²) < 4.78 is 19.7. The Hall–Kier alpha value is -1.94. The predicted octanol–water partition coefficient (Wildman–Crippen LogP) is 4.20. The van der Waals surface area contributed by atoms with Gasteiger partial charge < -0.3 is 4.74 Å². The van der Waals surface area contributed by atoms with Gasteiger partial charge in [0.2, 0.25) is 0 Å². The molecule has 0 saturated heterocycles. The third kappa shape index (κ3) is 2.74. The lowest BCUT2D eigenvalue weighted by Crippen LogP contribution is -1.94. The van der Waals surface area contributed by atoms with Crippen molar-refractivity contribution >= 4 is 21.6 Å². The van der Waals surface area contributed by atoms with Crippen LogP contribution in [-0.2, 0) is 6.61 Å². The number of hydrogen-bond donors (Lipinski definition) is 0. The number of ether oxygens (including phenoxy) is 1. The molecule has 4 heteroatoms. The summed E-state index contributed by atoms with van der Waals surface area (Å²) in [5.74, 6) is 0.493. The van der Waals surface area contributed by atoms with Crippen LogP contribution < -0.4 is 4.74 Å². The highest BCUT2D eigenvalue weighted by atomic mass is 32.1. The molecule has 0 amide bonds. The smallest absolute Gasteiger partial charge is 0.140 e. The van der Waals surface area contributed by atoms with Gasteiger partial charge >= 0.3 is 0 Å². The van der Waals surface area contributed by atoms with Crippen molar-refractivity contribution in [2.24, 2.45) is 0 Å². The lowest BCUT2D eigenvalue weighted by atomic mass is 10.2. The summed E-state index contributed by atoms with van der Waals surface area (Å²) in [6, 6.07) is 12.2. The Morgan fingerprint density at radius 1 is 1.21 bits per heavy atom. The number of thiazole rings is 1. The third-order valence-electron chi connectivity index (χ3n) is 2.65. The van der Waals surface area contributed by atoms with Gasteiger partial charge in [-0.2, -0.15) is 0 Å². The summed E-state index contributed by atoms with van der Waals surface area (Å²) in [6.07, 6.45) is 0. The van der Waals surface area contributed by atoms with Gasteiger partial charge in [-0.05, 0) is 36.8 Å². The first kappa shape index (κ1) is 12.1. The molecule has 0 aliphatic heterocycles. The Balaban J connectivity index is 1.78. The van der Waals surface area contributed by atoms with E-state index in [0.29, 0.717) is 12.1 Å². The second kappa shape index (κ2) is 4.97. The highest BCUT2D eigenvalue weighted by Crippen LogP contribution is 2.24. The molecule has 0 aliphatic rings. The third-order valence-corrected chi connectivity index (χ3v) is 3.66. The molecule has 0 unspecified atom stereocenters. The van der Waals surface area contributed by atoms with E-state index in [1.807, 2.05) is 24.3 Å². The van der Waals surface area contributed by atoms with Gasteiger partial charge in [-0.25, -0.2) is 9.37 Å². The molecule has 1 radical (unpaired) electrons. The summed E-state index contributed by atoms with van der Waals surface area (Å²) in [6.45, 7) is 4.23. The molecule has 2 nitrogen and oxygen atoms in total. The van der Waals surface area contributed by atoms with Crippen molar-refractivity contribution < 1.29 is 9.13 Å². The van der Waals surface area contributed by atoms with E-state index in [-0.39, 0.29) is 5.82 Å². The quantitative estimate of drug-likeness (QED) is 0.713. The maximum atomic E-state index is 13.1. The molecule has 0 fully saturated rings. The summed E-state index contributed by atoms with van der Waals surface area (Å²) in [4.78, 5) is 4.35. The Bertz CT molecular complexity index is 723. The van der Waals surface area contributed by atoms with Crippen molar-refractivity contribution in [2.75, 3.05) is 0 Å². The minimum absolute atomic E-state index is 0.268. The minimum atomic E-state index is -0.268. The van der Waals surface area contributed by atoms with Gasteiger partial charge in [0.05, 0.1) is 10.2 Å². The Morgan fingerprint density at radius 2 is 2.11 bits per heavy atom. The highest BCUT2D eigenvalue weighted by Gasteiger charge is 2.05. The molecule has 3 rings (SSSR count). The van der Waals surface area contributed by atoms with Crippen LogP contribution in [0.25, 0.3) is 10.2 Å². The second-order valence-electron chi connectivity index (χ2n) is 4.16. The van der Waals surface area contributed by atoms with Crippen molar-refractivity contribution in [1.29, 1.82) is 0 Å². The van der Waals surface area contributed by atoms with Crippen molar-refractivity contribution in [1.82, 2.24) is 4.98 Å². The van der Waals surface area contributed by atoms with E-state index in [1.165, 1.54) is 23.5 Å². The molecule has 0 saturated carbocycles. The number of halogens is 1. The molecule has 19 heavy (non-hydrogen) atoms. The van der Waals surface area contributed by atoms with E-state index in [9.17, 15) is 4.39 Å². The van der Waals surface area contributed by atoms with Gasteiger partial charge in [-0.15, -0.1) is 11.3 Å². The molecule has 0 N–H and O–H groups in total. The zero-order valence-corrected chi connectivity index (χ0v) is 10.9. The number of nitrogens with zero attached hydrogens (tertiary/aromatic N) is 1. The molecule has 0 bridgehead atoms. The average Bonchev–Trinajstić information content (AvgIpc) is 2.78. The van der Waals surface area contributed by atoms with Crippen LogP contribution in [0.15, 0.2) is 42.5 Å². The predicted molar refractivity (Wildman–Crippen MR) is 74.8 cm³/mol. The van der Waals surface area contributed by atoms with Crippen LogP contribution in [0.4, 0.5) is 4.39 Å². The standard InChI is InChI=1S/C15H11FNOS/c1-10-3-2-4-12(7-10)18-9-15-17-13-8-11(16)5-6-14(13)19-15/h2-8H,1,9H2. The van der Waals surface area contributed by atoms with Crippen molar-refractivity contribution in [3.8, 4) is 5.75 Å². The topological polar surface area (TPSA) is 22.1 Å². The molecule has 2 aromatic carbocycles. The van der Waals surface area contributed by atoms with Crippen LogP contribution in [0.2, 0.25) is 0 Å². The van der Waals surface area contributed by atoms with Crippen molar-refractivity contribution in [3.63, 3.8) is 0 Å². The molecule has 0 aliphatic carbocycles. The number of rotatable bonds is 3. The van der Waals surface area contributed by atoms with E-state index in [2.05, 4.69) is 11.9 Å². The lowest BCUT2D eigenvalue weighted by Gasteiger charge is -2.04. The van der Waals surface area contributed by atoms with Crippen molar-refractivity contribution in [3.05, 3.63) is 65.8 Å². The van der Waals surface area contributed by atoms with Gasteiger partial charge in [0, 0.05) is 6.07 Å². The van der Waals surface area contributed by atoms with Crippen LogP contribution in [0.3, 0.4) is 0 Å². The maximum Gasteiger partial charge on any atom is 0.140 e. The van der Waals surface area contributed by atoms with Crippen LogP contribution >= 0.6 is 11.3 Å². The molecular weight excluding hydrogens is 261 g/mol. The van der Waals surface area contributed by atoms with Crippen LogP contribution in [0.1, 0.15) is 10.6 Å². The Kier molecular flexibility index (Phi) is 3.17. The van der Waals surface area contributed by atoms with Gasteiger partial charge in [0.25, 0.3) is 0 Å². The SMILES string of the molecule is [CH2]c1cccc(OCc2nc3cc(F)ccc3s2)c1. The largest absolute Gasteiger partial charge is 0.486 e. The van der Waals surface area contributed by atoms with Crippen LogP contribution in [0, 0.1) is 12.7 Å². The first-order valence-electron chi connectivity index (χ1n) is 5.80. The average molecular weight is 272 g/mol. The number of aromatic nitrogens is 1. The lowest BCUT2D eigenvalue weighted by molar-refractivity contribution is 0.305. The number of fused-ring (bicyclic) bond motifs is 1. The zero-order valence-electron chi connectivity index (χ0n) is 10.1. The van der Waals surface area contributed by atoms with E-state index in [4.69, 9.17) is 4.74 Å². The molecule has 3 aromatic rings. The summed E-state index contributed by atoms with van der Waals surface area (Å²) >= 11 is 1.51. The van der Waals surface area contributed by atoms with Crippen molar-refractivity contribution in [2.45, 2.75) is 6.61 Å². The van der Waals surface area contributed by atoms with Crippen LogP contribution in [-0.4, -0.2) is 4.98 Å². The maximum absolute atomic E-state index is 13.1. The van der Waals surface area contributed by atoms with E-state index in [0.717, 1.165) is 21.0 Å². The van der Waals surface area contributed by atoms with Gasteiger partial charge in [0.1, 0.15) is 23.2 Å². The molecule has 0 atom stereocenters. The monoisotopic (exact) mass is 272 g/mol.